The number of likely N-dealkylation sites (tertiary alicyclic amines) is 1. The van der Waals surface area contributed by atoms with Gasteiger partial charge in [0.2, 0.25) is 0 Å². The van der Waals surface area contributed by atoms with E-state index >= 15 is 0 Å². The zero-order chi connectivity index (χ0) is 26.4. The minimum absolute atomic E-state index is 0.0147. The minimum Gasteiger partial charge on any atom is -0.490 e. The number of carbonyl (C=O) groups is 2. The van der Waals surface area contributed by atoms with Crippen LogP contribution in [0.25, 0.3) is 10.9 Å². The molecular weight excluding hydrogens is 470 g/mol. The monoisotopic (exact) mass is 511 g/mol. The molecule has 1 saturated carbocycles. The minimum atomic E-state index is -0.510. The molecule has 1 amide bonds. The Morgan fingerprint density at radius 3 is 2.57 bits per heavy atom. The number of ketones is 1. The number of nitrogens with one attached hydrogen (secondary N) is 1. The van der Waals surface area contributed by atoms with Gasteiger partial charge in [0.1, 0.15) is 35.9 Å². The number of ether oxygens (including phenoxy) is 3. The lowest BCUT2D eigenvalue weighted by Crippen LogP contribution is -2.50. The summed E-state index contributed by atoms with van der Waals surface area (Å²) >= 11 is 0. The van der Waals surface area contributed by atoms with E-state index in [4.69, 9.17) is 19.2 Å². The molecule has 0 radical (unpaired) electrons. The van der Waals surface area contributed by atoms with Crippen molar-refractivity contribution in [3.8, 4) is 11.5 Å². The summed E-state index contributed by atoms with van der Waals surface area (Å²) < 4.78 is 17.0. The molecule has 1 aromatic heterocycles. The van der Waals surface area contributed by atoms with Gasteiger partial charge < -0.3 is 19.5 Å². The van der Waals surface area contributed by atoms with Gasteiger partial charge in [-0.15, -0.1) is 0 Å². The van der Waals surface area contributed by atoms with E-state index in [-0.39, 0.29) is 30.0 Å². The summed E-state index contributed by atoms with van der Waals surface area (Å²) in [4.78, 5) is 33.1. The van der Waals surface area contributed by atoms with E-state index in [1.165, 1.54) is 25.7 Å². The second kappa shape index (κ2) is 12.2. The van der Waals surface area contributed by atoms with Gasteiger partial charge in [-0.3, -0.25) is 14.5 Å². The highest BCUT2D eigenvalue weighted by Gasteiger charge is 2.29. The fraction of sp³-hybridized carbons (Fsp3) is 0.621. The summed E-state index contributed by atoms with van der Waals surface area (Å²) in [5.41, 5.74) is 0.265. The Bertz CT molecular complexity index is 1090. The molecule has 1 atom stereocenters. The van der Waals surface area contributed by atoms with Gasteiger partial charge in [0.05, 0.1) is 6.61 Å². The predicted molar refractivity (Wildman–Crippen MR) is 143 cm³/mol. The number of methoxy groups -OCH3 is 1. The number of Topliss-reactive ketones (excluding diaryl/α,β-unsaturated/α-hetero) is 1. The molecule has 2 fully saturated rings. The van der Waals surface area contributed by atoms with Gasteiger partial charge in [0.25, 0.3) is 5.91 Å². The van der Waals surface area contributed by atoms with Crippen LogP contribution in [0.4, 0.5) is 0 Å². The molecular formula is C29H41N3O5. The molecule has 1 aromatic carbocycles. The predicted octanol–water partition coefficient (Wildman–Crippen LogP) is 4.39. The fourth-order valence-corrected chi connectivity index (χ4v) is 5.12. The molecule has 8 nitrogen and oxygen atoms in total. The van der Waals surface area contributed by atoms with Crippen molar-refractivity contribution >= 4 is 22.6 Å². The summed E-state index contributed by atoms with van der Waals surface area (Å²) in [7, 11) is 1.62. The Balaban J connectivity index is 1.56. The zero-order valence-electron chi connectivity index (χ0n) is 22.7. The largest absolute Gasteiger partial charge is 0.490 e. The van der Waals surface area contributed by atoms with Crippen LogP contribution in [0.3, 0.4) is 0 Å². The molecule has 1 saturated heterocycles. The number of aromatic nitrogens is 1. The number of benzene rings is 1. The first-order valence-corrected chi connectivity index (χ1v) is 13.5. The van der Waals surface area contributed by atoms with Gasteiger partial charge in [-0.05, 0) is 44.4 Å². The second-order valence-electron chi connectivity index (χ2n) is 11.2. The Labute approximate surface area is 220 Å². The summed E-state index contributed by atoms with van der Waals surface area (Å²) in [6.45, 7) is 8.26. The van der Waals surface area contributed by atoms with E-state index in [1.54, 1.807) is 19.2 Å². The van der Waals surface area contributed by atoms with Crippen molar-refractivity contribution in [3.63, 3.8) is 0 Å². The average molecular weight is 512 g/mol. The van der Waals surface area contributed by atoms with Crippen LogP contribution in [0.15, 0.2) is 24.3 Å². The van der Waals surface area contributed by atoms with Crippen molar-refractivity contribution in [1.29, 1.82) is 0 Å². The third-order valence-corrected chi connectivity index (χ3v) is 7.37. The Morgan fingerprint density at radius 2 is 1.84 bits per heavy atom. The lowest BCUT2D eigenvalue weighted by atomic mass is 9.91. The Morgan fingerprint density at radius 1 is 1.05 bits per heavy atom. The maximum atomic E-state index is 13.4. The molecule has 1 aliphatic heterocycles. The van der Waals surface area contributed by atoms with Gasteiger partial charge in [0.15, 0.2) is 5.78 Å². The molecule has 2 aliphatic rings. The van der Waals surface area contributed by atoms with Crippen molar-refractivity contribution < 1.29 is 23.8 Å². The van der Waals surface area contributed by atoms with E-state index in [1.807, 2.05) is 32.9 Å². The lowest BCUT2D eigenvalue weighted by Gasteiger charge is -2.37. The SMILES string of the molecule is COCCOc1cc(C(=O)N[C@@H]2CCCN(C3CCCC3)C2)nc2c(OCC(=O)C(C)(C)C)cccc12. The molecule has 37 heavy (non-hydrogen) atoms. The first kappa shape index (κ1) is 27.3. The first-order valence-electron chi connectivity index (χ1n) is 13.5. The van der Waals surface area contributed by atoms with Gasteiger partial charge in [-0.1, -0.05) is 39.7 Å². The molecule has 0 unspecified atom stereocenters. The highest BCUT2D eigenvalue weighted by molar-refractivity contribution is 5.98. The van der Waals surface area contributed by atoms with Crippen LogP contribution in [0.2, 0.25) is 0 Å². The average Bonchev–Trinajstić information content (AvgIpc) is 3.42. The summed E-state index contributed by atoms with van der Waals surface area (Å²) in [5, 5.41) is 3.94. The zero-order valence-corrected chi connectivity index (χ0v) is 22.7. The Kier molecular flexibility index (Phi) is 9.03. The molecule has 1 N–H and O–H groups in total. The molecule has 8 heteroatoms. The van der Waals surface area contributed by atoms with Crippen LogP contribution in [0, 0.1) is 5.41 Å². The maximum absolute atomic E-state index is 13.4. The van der Waals surface area contributed by atoms with Crippen LogP contribution in [0.5, 0.6) is 11.5 Å². The van der Waals surface area contributed by atoms with Crippen LogP contribution in [-0.4, -0.2) is 73.7 Å². The molecule has 2 aromatic rings. The molecule has 4 rings (SSSR count). The highest BCUT2D eigenvalue weighted by atomic mass is 16.5. The van der Waals surface area contributed by atoms with Crippen molar-refractivity contribution in [2.24, 2.45) is 5.41 Å². The van der Waals surface area contributed by atoms with E-state index in [0.29, 0.717) is 36.3 Å². The Hall–Kier alpha value is -2.71. The van der Waals surface area contributed by atoms with Gasteiger partial charge in [-0.2, -0.15) is 0 Å². The molecule has 2 heterocycles. The normalized spacial score (nSPS) is 19.2. The van der Waals surface area contributed by atoms with Crippen LogP contribution in [0.1, 0.15) is 69.8 Å². The third-order valence-electron chi connectivity index (χ3n) is 7.37. The number of hydrogen-bond donors (Lipinski definition) is 1. The van der Waals surface area contributed by atoms with Crippen molar-refractivity contribution in [2.75, 3.05) is 40.0 Å². The number of piperidine rings is 1. The molecule has 202 valence electrons. The number of hydrogen-bond acceptors (Lipinski definition) is 7. The molecule has 0 bridgehead atoms. The molecule has 0 spiro atoms. The van der Waals surface area contributed by atoms with E-state index in [0.717, 1.165) is 31.3 Å². The quantitative estimate of drug-likeness (QED) is 0.473. The fourth-order valence-electron chi connectivity index (χ4n) is 5.12. The maximum Gasteiger partial charge on any atom is 0.270 e. The van der Waals surface area contributed by atoms with Gasteiger partial charge in [-0.25, -0.2) is 4.98 Å². The van der Waals surface area contributed by atoms with Gasteiger partial charge in [0, 0.05) is 42.6 Å². The summed E-state index contributed by atoms with van der Waals surface area (Å²) in [6.07, 6.45) is 7.17. The van der Waals surface area contributed by atoms with E-state index < -0.39 is 5.41 Å². The number of fused-ring (bicyclic) bond motifs is 1. The summed E-state index contributed by atoms with van der Waals surface area (Å²) in [6, 6.07) is 7.92. The third kappa shape index (κ3) is 6.99. The highest BCUT2D eigenvalue weighted by Crippen LogP contribution is 2.32. The van der Waals surface area contributed by atoms with Crippen LogP contribution in [-0.2, 0) is 9.53 Å². The number of para-hydroxylation sites is 1. The first-order chi connectivity index (χ1) is 17.8. The number of amides is 1. The smallest absolute Gasteiger partial charge is 0.270 e. The second-order valence-corrected chi connectivity index (χ2v) is 11.2. The standard InChI is InChI=1S/C29H41N3O5/c1-29(2,3)26(33)19-37-24-13-7-12-22-25(36-16-15-35-4)17-23(31-27(22)24)28(34)30-20-9-8-14-32(18-20)21-10-5-6-11-21/h7,12-13,17,20-21H,5-6,8-11,14-16,18-19H2,1-4H3,(H,30,34)/t20-/m1/s1. The number of rotatable bonds is 10. The van der Waals surface area contributed by atoms with Crippen molar-refractivity contribution in [3.05, 3.63) is 30.0 Å². The summed E-state index contributed by atoms with van der Waals surface area (Å²) in [5.74, 6) is 0.749. The van der Waals surface area contributed by atoms with E-state index in [2.05, 4.69) is 10.2 Å². The number of carbonyl (C=O) groups excluding carboxylic acids is 2. The number of nitrogens with zero attached hydrogens (tertiary/aromatic N) is 2. The van der Waals surface area contributed by atoms with Crippen LogP contribution >= 0.6 is 0 Å². The molecule has 1 aliphatic carbocycles. The van der Waals surface area contributed by atoms with Gasteiger partial charge >= 0.3 is 0 Å². The topological polar surface area (TPSA) is 90.0 Å². The lowest BCUT2D eigenvalue weighted by molar-refractivity contribution is -0.128. The van der Waals surface area contributed by atoms with E-state index in [9.17, 15) is 9.59 Å². The van der Waals surface area contributed by atoms with Crippen molar-refractivity contribution in [1.82, 2.24) is 15.2 Å². The van der Waals surface area contributed by atoms with Crippen molar-refractivity contribution in [2.45, 2.75) is 71.4 Å². The number of pyridine rings is 1. The van der Waals surface area contributed by atoms with Crippen LogP contribution < -0.4 is 14.8 Å².